The standard InChI is InChI=1S/C13H13BrN4O2S3/c1-7(11(20)16-9-4-2-8(14)3-5-9)22-13-18-17-12(23-13)21-6-10(15)19/h2-5,7H,6H2,1H3,(H2,15,19)(H,16,20). The van der Waals surface area contributed by atoms with Gasteiger partial charge in [-0.05, 0) is 31.2 Å². The lowest BCUT2D eigenvalue weighted by Gasteiger charge is -2.10. The summed E-state index contributed by atoms with van der Waals surface area (Å²) in [6, 6.07) is 7.37. The Hall–Kier alpha value is -1.10. The predicted molar refractivity (Wildman–Crippen MR) is 97.9 cm³/mol. The number of hydrogen-bond donors (Lipinski definition) is 2. The molecule has 0 aliphatic rings. The number of thioether (sulfide) groups is 2. The first kappa shape index (κ1) is 18.2. The average Bonchev–Trinajstić information content (AvgIpc) is 2.95. The quantitative estimate of drug-likeness (QED) is 0.652. The summed E-state index contributed by atoms with van der Waals surface area (Å²) in [5.74, 6) is -0.348. The van der Waals surface area contributed by atoms with E-state index in [1.54, 1.807) is 6.92 Å². The molecule has 0 radical (unpaired) electrons. The van der Waals surface area contributed by atoms with Crippen LogP contribution in [0.3, 0.4) is 0 Å². The monoisotopic (exact) mass is 432 g/mol. The van der Waals surface area contributed by atoms with Crippen molar-refractivity contribution < 1.29 is 9.59 Å². The van der Waals surface area contributed by atoms with E-state index in [4.69, 9.17) is 5.73 Å². The van der Waals surface area contributed by atoms with Crippen LogP contribution in [-0.2, 0) is 9.59 Å². The number of nitrogens with zero attached hydrogens (tertiary/aromatic N) is 2. The SMILES string of the molecule is CC(Sc1nnc(SCC(N)=O)s1)C(=O)Nc1ccc(Br)cc1. The lowest BCUT2D eigenvalue weighted by Crippen LogP contribution is -2.22. The molecule has 0 aliphatic carbocycles. The number of carbonyl (C=O) groups is 2. The summed E-state index contributed by atoms with van der Waals surface area (Å²) in [7, 11) is 0. The van der Waals surface area contributed by atoms with Crippen molar-refractivity contribution in [2.75, 3.05) is 11.1 Å². The average molecular weight is 433 g/mol. The van der Waals surface area contributed by atoms with Gasteiger partial charge in [0.2, 0.25) is 11.8 Å². The van der Waals surface area contributed by atoms with Crippen LogP contribution < -0.4 is 11.1 Å². The van der Waals surface area contributed by atoms with Crippen molar-refractivity contribution >= 4 is 68.3 Å². The maximum atomic E-state index is 12.2. The van der Waals surface area contributed by atoms with E-state index in [0.29, 0.717) is 8.68 Å². The molecule has 0 spiro atoms. The second-order valence-electron chi connectivity index (χ2n) is 4.35. The van der Waals surface area contributed by atoms with Crippen LogP contribution in [0.15, 0.2) is 37.4 Å². The van der Waals surface area contributed by atoms with Crippen molar-refractivity contribution in [2.24, 2.45) is 5.73 Å². The van der Waals surface area contributed by atoms with Crippen molar-refractivity contribution in [3.63, 3.8) is 0 Å². The molecule has 0 fully saturated rings. The molecule has 2 amide bonds. The zero-order chi connectivity index (χ0) is 16.8. The third kappa shape index (κ3) is 6.13. The van der Waals surface area contributed by atoms with Crippen LogP contribution in [0.4, 0.5) is 5.69 Å². The first-order chi connectivity index (χ1) is 10.9. The Labute approximate surface area is 154 Å². The van der Waals surface area contributed by atoms with Gasteiger partial charge in [-0.25, -0.2) is 0 Å². The topological polar surface area (TPSA) is 98.0 Å². The fraction of sp³-hybridized carbons (Fsp3) is 0.231. The first-order valence-electron chi connectivity index (χ1n) is 6.41. The number of halogens is 1. The minimum Gasteiger partial charge on any atom is -0.369 e. The van der Waals surface area contributed by atoms with Gasteiger partial charge >= 0.3 is 0 Å². The minimum absolute atomic E-state index is 0.112. The van der Waals surface area contributed by atoms with Crippen LogP contribution in [0.25, 0.3) is 0 Å². The number of aromatic nitrogens is 2. The number of nitrogens with two attached hydrogens (primary N) is 1. The second kappa shape index (κ2) is 8.67. The molecule has 1 aromatic carbocycles. The lowest BCUT2D eigenvalue weighted by atomic mass is 10.3. The summed E-state index contributed by atoms with van der Waals surface area (Å²) in [4.78, 5) is 22.9. The molecule has 0 bridgehead atoms. The first-order valence-corrected chi connectivity index (χ1v) is 9.89. The molecule has 1 atom stereocenters. The summed E-state index contributed by atoms with van der Waals surface area (Å²) < 4.78 is 2.29. The van der Waals surface area contributed by atoms with E-state index in [1.807, 2.05) is 24.3 Å². The number of primary amides is 1. The summed E-state index contributed by atoms with van der Waals surface area (Å²) in [5.41, 5.74) is 5.82. The Morgan fingerprint density at radius 2 is 1.96 bits per heavy atom. The van der Waals surface area contributed by atoms with Crippen molar-refractivity contribution in [3.8, 4) is 0 Å². The molecule has 3 N–H and O–H groups in total. The maximum absolute atomic E-state index is 12.2. The Morgan fingerprint density at radius 3 is 2.61 bits per heavy atom. The Balaban J connectivity index is 1.88. The fourth-order valence-corrected chi connectivity index (χ4v) is 4.59. The molecular weight excluding hydrogens is 420 g/mol. The van der Waals surface area contributed by atoms with E-state index in [1.165, 1.54) is 34.9 Å². The third-order valence-electron chi connectivity index (χ3n) is 2.48. The highest BCUT2D eigenvalue weighted by atomic mass is 79.9. The van der Waals surface area contributed by atoms with Crippen molar-refractivity contribution in [2.45, 2.75) is 20.9 Å². The van der Waals surface area contributed by atoms with Gasteiger partial charge in [0, 0.05) is 10.2 Å². The molecule has 10 heteroatoms. The molecule has 0 saturated heterocycles. The van der Waals surface area contributed by atoms with E-state index in [2.05, 4.69) is 31.4 Å². The van der Waals surface area contributed by atoms with Crippen LogP contribution in [-0.4, -0.2) is 33.0 Å². The molecule has 122 valence electrons. The van der Waals surface area contributed by atoms with E-state index in [0.717, 1.165) is 10.2 Å². The molecule has 0 aliphatic heterocycles. The smallest absolute Gasteiger partial charge is 0.237 e. The van der Waals surface area contributed by atoms with Crippen LogP contribution >= 0.6 is 50.8 Å². The highest BCUT2D eigenvalue weighted by molar-refractivity contribution is 9.10. The normalized spacial score (nSPS) is 11.9. The number of anilines is 1. The predicted octanol–water partition coefficient (Wildman–Crippen LogP) is 3.00. The fourth-order valence-electron chi connectivity index (χ4n) is 1.42. The van der Waals surface area contributed by atoms with Gasteiger partial charge in [-0.1, -0.05) is 50.8 Å². The molecule has 1 aromatic heterocycles. The van der Waals surface area contributed by atoms with Gasteiger partial charge in [0.05, 0.1) is 11.0 Å². The number of rotatable bonds is 7. The molecule has 1 unspecified atom stereocenters. The lowest BCUT2D eigenvalue weighted by molar-refractivity contribution is -0.116. The van der Waals surface area contributed by atoms with Crippen molar-refractivity contribution in [3.05, 3.63) is 28.7 Å². The van der Waals surface area contributed by atoms with E-state index in [-0.39, 0.29) is 16.9 Å². The van der Waals surface area contributed by atoms with Gasteiger partial charge in [-0.15, -0.1) is 10.2 Å². The van der Waals surface area contributed by atoms with Crippen molar-refractivity contribution in [1.29, 1.82) is 0 Å². The van der Waals surface area contributed by atoms with E-state index in [9.17, 15) is 9.59 Å². The molecule has 1 heterocycles. The summed E-state index contributed by atoms with van der Waals surface area (Å²) in [6.07, 6.45) is 0. The zero-order valence-electron chi connectivity index (χ0n) is 12.0. The molecule has 2 aromatic rings. The van der Waals surface area contributed by atoms with Gasteiger partial charge in [0.25, 0.3) is 0 Å². The molecule has 2 rings (SSSR count). The van der Waals surface area contributed by atoms with Gasteiger partial charge in [0.1, 0.15) is 0 Å². The van der Waals surface area contributed by atoms with Crippen LogP contribution in [0.2, 0.25) is 0 Å². The Bertz CT molecular complexity index is 693. The maximum Gasteiger partial charge on any atom is 0.237 e. The van der Waals surface area contributed by atoms with Crippen LogP contribution in [0.1, 0.15) is 6.92 Å². The Morgan fingerprint density at radius 1 is 1.30 bits per heavy atom. The van der Waals surface area contributed by atoms with Gasteiger partial charge in [-0.3, -0.25) is 9.59 Å². The molecule has 0 saturated carbocycles. The van der Waals surface area contributed by atoms with Gasteiger partial charge in [0.15, 0.2) is 8.68 Å². The second-order valence-corrected chi connectivity index (χ2v) is 9.05. The van der Waals surface area contributed by atoms with Crippen LogP contribution in [0.5, 0.6) is 0 Å². The van der Waals surface area contributed by atoms with Gasteiger partial charge < -0.3 is 11.1 Å². The van der Waals surface area contributed by atoms with E-state index >= 15 is 0 Å². The third-order valence-corrected chi connectivity index (χ3v) is 6.28. The van der Waals surface area contributed by atoms with Crippen molar-refractivity contribution in [1.82, 2.24) is 10.2 Å². The molecule has 23 heavy (non-hydrogen) atoms. The molecule has 6 nitrogen and oxygen atoms in total. The minimum atomic E-state index is -0.401. The number of nitrogens with one attached hydrogen (secondary N) is 1. The summed E-state index contributed by atoms with van der Waals surface area (Å²) >= 11 is 7.25. The zero-order valence-corrected chi connectivity index (χ0v) is 16.0. The van der Waals surface area contributed by atoms with Crippen LogP contribution in [0, 0.1) is 0 Å². The van der Waals surface area contributed by atoms with Gasteiger partial charge in [-0.2, -0.15) is 0 Å². The summed E-state index contributed by atoms with van der Waals surface area (Å²) in [5, 5.41) is 10.5. The number of carbonyl (C=O) groups excluding carboxylic acids is 2. The highest BCUT2D eigenvalue weighted by Gasteiger charge is 2.17. The highest BCUT2D eigenvalue weighted by Crippen LogP contribution is 2.31. The summed E-state index contributed by atoms with van der Waals surface area (Å²) in [6.45, 7) is 1.80. The largest absolute Gasteiger partial charge is 0.369 e. The number of benzene rings is 1. The van der Waals surface area contributed by atoms with E-state index < -0.39 is 5.91 Å². The number of amides is 2. The number of hydrogen-bond acceptors (Lipinski definition) is 7. The Kier molecular flexibility index (Phi) is 6.88. The molecular formula is C13H13BrN4O2S3.